The van der Waals surface area contributed by atoms with Gasteiger partial charge in [-0.25, -0.2) is 4.79 Å². The maximum Gasteiger partial charge on any atom is 0.330 e. The molecule has 1 aliphatic rings. The van der Waals surface area contributed by atoms with Crippen LogP contribution in [-0.2, 0) is 4.74 Å². The summed E-state index contributed by atoms with van der Waals surface area (Å²) in [5.41, 5.74) is 0.291. The van der Waals surface area contributed by atoms with Crippen LogP contribution in [0.4, 0.5) is 5.82 Å². The van der Waals surface area contributed by atoms with Crippen molar-refractivity contribution in [2.75, 3.05) is 18.5 Å². The summed E-state index contributed by atoms with van der Waals surface area (Å²) in [7, 11) is 0. The fourth-order valence-corrected chi connectivity index (χ4v) is 3.02. The number of rotatable bonds is 6. The summed E-state index contributed by atoms with van der Waals surface area (Å²) in [6.45, 7) is 6.95. The Morgan fingerprint density at radius 1 is 1.23 bits per heavy atom. The maximum atomic E-state index is 12.1. The second-order valence-corrected chi connectivity index (χ2v) is 6.83. The zero-order chi connectivity index (χ0) is 18.7. The molecule has 7 nitrogen and oxygen atoms in total. The molecule has 2 N–H and O–H groups in total. The molecule has 7 heteroatoms. The Bertz CT molecular complexity index is 817. The van der Waals surface area contributed by atoms with Crippen molar-refractivity contribution in [1.29, 1.82) is 0 Å². The van der Waals surface area contributed by atoms with Gasteiger partial charge in [-0.05, 0) is 38.5 Å². The van der Waals surface area contributed by atoms with Crippen molar-refractivity contribution in [3.63, 3.8) is 0 Å². The standard InChI is InChI=1S/C19H25N3O4/c1-12(2)22-18(23)10-17(21-19(22)24)20-13(3)14-4-6-15(7-5-14)26-16-8-9-25-11-16/h4-7,10,12-13,16,20H,8-9,11H2,1-3H3,(H,21,24)/t13-,16-/m0/s1. The first kappa shape index (κ1) is 18.3. The summed E-state index contributed by atoms with van der Waals surface area (Å²) in [6.07, 6.45) is 1.03. The van der Waals surface area contributed by atoms with E-state index in [4.69, 9.17) is 9.47 Å². The molecule has 0 aliphatic carbocycles. The van der Waals surface area contributed by atoms with E-state index in [9.17, 15) is 9.59 Å². The Kier molecular flexibility index (Phi) is 5.46. The van der Waals surface area contributed by atoms with Crippen LogP contribution in [0.1, 0.15) is 44.8 Å². The second-order valence-electron chi connectivity index (χ2n) is 6.83. The van der Waals surface area contributed by atoms with Crippen LogP contribution in [0.2, 0.25) is 0 Å². The molecule has 0 radical (unpaired) electrons. The summed E-state index contributed by atoms with van der Waals surface area (Å²) >= 11 is 0. The Morgan fingerprint density at radius 2 is 1.96 bits per heavy atom. The molecule has 140 valence electrons. The van der Waals surface area contributed by atoms with E-state index in [0.29, 0.717) is 12.4 Å². The van der Waals surface area contributed by atoms with Crippen LogP contribution in [0, 0.1) is 0 Å². The highest BCUT2D eigenvalue weighted by Gasteiger charge is 2.17. The van der Waals surface area contributed by atoms with E-state index in [1.54, 1.807) is 13.8 Å². The molecular weight excluding hydrogens is 334 g/mol. The number of benzene rings is 1. The van der Waals surface area contributed by atoms with Gasteiger partial charge in [-0.2, -0.15) is 0 Å². The Morgan fingerprint density at radius 3 is 2.54 bits per heavy atom. The SMILES string of the molecule is CC(C)n1c(=O)cc(N[C@@H](C)c2ccc(O[C@H]3CCOC3)cc2)[nH]c1=O. The van der Waals surface area contributed by atoms with E-state index in [2.05, 4.69) is 10.3 Å². The number of nitrogens with zero attached hydrogens (tertiary/aromatic N) is 1. The average Bonchev–Trinajstić information content (AvgIpc) is 3.07. The van der Waals surface area contributed by atoms with Crippen molar-refractivity contribution in [3.8, 4) is 5.75 Å². The van der Waals surface area contributed by atoms with Crippen LogP contribution in [0.15, 0.2) is 39.9 Å². The van der Waals surface area contributed by atoms with Crippen LogP contribution in [-0.4, -0.2) is 28.9 Å². The molecule has 0 spiro atoms. The van der Waals surface area contributed by atoms with Gasteiger partial charge < -0.3 is 14.8 Å². The van der Waals surface area contributed by atoms with Crippen molar-refractivity contribution in [1.82, 2.24) is 9.55 Å². The third kappa shape index (κ3) is 4.16. The Balaban J connectivity index is 1.68. The minimum atomic E-state index is -0.412. The van der Waals surface area contributed by atoms with Gasteiger partial charge in [0.15, 0.2) is 0 Å². The summed E-state index contributed by atoms with van der Waals surface area (Å²) in [5, 5.41) is 3.17. The lowest BCUT2D eigenvalue weighted by atomic mass is 10.1. The molecule has 0 unspecified atom stereocenters. The monoisotopic (exact) mass is 359 g/mol. The lowest BCUT2D eigenvalue weighted by Crippen LogP contribution is -2.36. The first-order valence-electron chi connectivity index (χ1n) is 8.91. The molecule has 1 saturated heterocycles. The zero-order valence-corrected chi connectivity index (χ0v) is 15.3. The van der Waals surface area contributed by atoms with Crippen molar-refractivity contribution >= 4 is 5.82 Å². The van der Waals surface area contributed by atoms with Crippen molar-refractivity contribution < 1.29 is 9.47 Å². The number of nitrogens with one attached hydrogen (secondary N) is 2. The fourth-order valence-electron chi connectivity index (χ4n) is 3.02. The van der Waals surface area contributed by atoms with Crippen LogP contribution < -0.4 is 21.3 Å². The predicted molar refractivity (Wildman–Crippen MR) is 100 cm³/mol. The van der Waals surface area contributed by atoms with Gasteiger partial charge in [0, 0.05) is 24.6 Å². The molecular formula is C19H25N3O4. The molecule has 0 saturated carbocycles. The summed E-state index contributed by atoms with van der Waals surface area (Å²) < 4.78 is 12.4. The highest BCUT2D eigenvalue weighted by atomic mass is 16.5. The number of ether oxygens (including phenoxy) is 2. The smallest absolute Gasteiger partial charge is 0.330 e. The Hall–Kier alpha value is -2.54. The summed E-state index contributed by atoms with van der Waals surface area (Å²) in [5.74, 6) is 1.22. The van der Waals surface area contributed by atoms with Crippen LogP contribution in [0.5, 0.6) is 5.75 Å². The number of hydrogen-bond donors (Lipinski definition) is 2. The van der Waals surface area contributed by atoms with Crippen molar-refractivity contribution in [3.05, 3.63) is 56.7 Å². The summed E-state index contributed by atoms with van der Waals surface area (Å²) in [4.78, 5) is 26.9. The van der Waals surface area contributed by atoms with E-state index in [-0.39, 0.29) is 23.7 Å². The highest BCUT2D eigenvalue weighted by molar-refractivity contribution is 5.38. The molecule has 1 aliphatic heterocycles. The lowest BCUT2D eigenvalue weighted by molar-refractivity contribution is 0.141. The summed E-state index contributed by atoms with van der Waals surface area (Å²) in [6, 6.07) is 8.93. The van der Waals surface area contributed by atoms with E-state index < -0.39 is 5.69 Å². The average molecular weight is 359 g/mol. The van der Waals surface area contributed by atoms with E-state index in [1.807, 2.05) is 31.2 Å². The number of anilines is 1. The molecule has 26 heavy (non-hydrogen) atoms. The highest BCUT2D eigenvalue weighted by Crippen LogP contribution is 2.22. The Labute approximate surface area is 152 Å². The van der Waals surface area contributed by atoms with Gasteiger partial charge in [0.1, 0.15) is 17.7 Å². The quantitative estimate of drug-likeness (QED) is 0.827. The van der Waals surface area contributed by atoms with Crippen molar-refractivity contribution in [2.24, 2.45) is 0 Å². The van der Waals surface area contributed by atoms with E-state index in [0.717, 1.165) is 24.3 Å². The van der Waals surface area contributed by atoms with Gasteiger partial charge in [0.25, 0.3) is 5.56 Å². The molecule has 1 fully saturated rings. The van der Waals surface area contributed by atoms with Gasteiger partial charge in [0.2, 0.25) is 0 Å². The van der Waals surface area contributed by atoms with Crippen LogP contribution >= 0.6 is 0 Å². The number of aromatic amines is 1. The largest absolute Gasteiger partial charge is 0.488 e. The minimum Gasteiger partial charge on any atom is -0.488 e. The first-order valence-corrected chi connectivity index (χ1v) is 8.91. The topological polar surface area (TPSA) is 85.3 Å². The maximum absolute atomic E-state index is 12.1. The van der Waals surface area contributed by atoms with E-state index >= 15 is 0 Å². The predicted octanol–water partition coefficient (Wildman–Crippen LogP) is 2.46. The third-order valence-corrected chi connectivity index (χ3v) is 4.42. The molecule has 1 aromatic heterocycles. The lowest BCUT2D eigenvalue weighted by Gasteiger charge is -2.17. The third-order valence-electron chi connectivity index (χ3n) is 4.42. The minimum absolute atomic E-state index is 0.0798. The first-order chi connectivity index (χ1) is 12.4. The number of H-pyrrole nitrogens is 1. The number of hydrogen-bond acceptors (Lipinski definition) is 5. The van der Waals surface area contributed by atoms with Gasteiger partial charge in [-0.1, -0.05) is 12.1 Å². The number of aromatic nitrogens is 2. The normalized spacial score (nSPS) is 18.1. The molecule has 2 heterocycles. The molecule has 0 amide bonds. The molecule has 2 aromatic rings. The molecule has 3 rings (SSSR count). The van der Waals surface area contributed by atoms with Crippen molar-refractivity contribution in [2.45, 2.75) is 45.4 Å². The van der Waals surface area contributed by atoms with Gasteiger partial charge in [-0.15, -0.1) is 0 Å². The molecule has 2 atom stereocenters. The van der Waals surface area contributed by atoms with E-state index in [1.165, 1.54) is 10.6 Å². The van der Waals surface area contributed by atoms with Gasteiger partial charge in [-0.3, -0.25) is 14.3 Å². The fraction of sp³-hybridized carbons (Fsp3) is 0.474. The van der Waals surface area contributed by atoms with Crippen LogP contribution in [0.3, 0.4) is 0 Å². The molecule has 1 aromatic carbocycles. The molecule has 0 bridgehead atoms. The van der Waals surface area contributed by atoms with Gasteiger partial charge >= 0.3 is 5.69 Å². The van der Waals surface area contributed by atoms with Crippen LogP contribution in [0.25, 0.3) is 0 Å². The second kappa shape index (κ2) is 7.78. The zero-order valence-electron chi connectivity index (χ0n) is 15.3. The van der Waals surface area contributed by atoms with Gasteiger partial charge in [0.05, 0.1) is 13.2 Å².